The first kappa shape index (κ1) is 8.72. The Morgan fingerprint density at radius 3 is 2.67 bits per heavy atom. The Kier molecular flexibility index (Phi) is 3.86. The molecule has 0 unspecified atom stereocenters. The predicted molar refractivity (Wildman–Crippen MR) is 54.5 cm³/mol. The Labute approximate surface area is 73.5 Å². The van der Waals surface area contributed by atoms with Gasteiger partial charge in [0.25, 0.3) is 0 Å². The zero-order valence-corrected chi connectivity index (χ0v) is 7.27. The van der Waals surface area contributed by atoms with Crippen LogP contribution in [-0.4, -0.2) is 12.8 Å². The molecule has 0 radical (unpaired) electrons. The van der Waals surface area contributed by atoms with E-state index in [4.69, 9.17) is 0 Å². The fourth-order valence-electron chi connectivity index (χ4n) is 0.885. The van der Waals surface area contributed by atoms with E-state index in [1.54, 1.807) is 0 Å². The number of hydrogen-bond acceptors (Lipinski definition) is 1. The summed E-state index contributed by atoms with van der Waals surface area (Å²) >= 11 is 0. The van der Waals surface area contributed by atoms with Gasteiger partial charge in [-0.2, -0.15) is 0 Å². The molecule has 0 fully saturated rings. The Morgan fingerprint density at radius 2 is 2.00 bits per heavy atom. The highest BCUT2D eigenvalue weighted by molar-refractivity contribution is 5.78. The molecule has 0 bridgehead atoms. The normalized spacial score (nSPS) is 11.4. The highest BCUT2D eigenvalue weighted by atomic mass is 14.7. The van der Waals surface area contributed by atoms with Gasteiger partial charge < -0.3 is 0 Å². The average molecular weight is 159 g/mol. The molecule has 0 saturated heterocycles. The first-order valence-corrected chi connectivity index (χ1v) is 4.15. The van der Waals surface area contributed by atoms with Crippen molar-refractivity contribution in [1.82, 2.24) is 0 Å². The molecular weight excluding hydrogens is 146 g/mol. The smallest absolute Gasteiger partial charge is 0.0360 e. The van der Waals surface area contributed by atoms with Crippen molar-refractivity contribution >= 4 is 12.3 Å². The summed E-state index contributed by atoms with van der Waals surface area (Å²) in [5.74, 6) is 0. The van der Waals surface area contributed by atoms with Crippen LogP contribution >= 0.6 is 0 Å². The van der Waals surface area contributed by atoms with E-state index < -0.39 is 0 Å². The summed E-state index contributed by atoms with van der Waals surface area (Å²) in [5, 5.41) is 0. The summed E-state index contributed by atoms with van der Waals surface area (Å²) in [6, 6.07) is 10.2. The number of rotatable bonds is 3. The number of aliphatic imine (C=N–C) groups is 1. The van der Waals surface area contributed by atoms with Crippen molar-refractivity contribution < 1.29 is 0 Å². The molecule has 0 aliphatic carbocycles. The van der Waals surface area contributed by atoms with E-state index in [-0.39, 0.29) is 0 Å². The van der Waals surface area contributed by atoms with Crippen molar-refractivity contribution in [1.29, 1.82) is 0 Å². The van der Waals surface area contributed by atoms with Gasteiger partial charge in [-0.15, -0.1) is 0 Å². The highest BCUT2D eigenvalue weighted by Gasteiger charge is 1.79. The summed E-state index contributed by atoms with van der Waals surface area (Å²) in [4.78, 5) is 4.08. The lowest BCUT2D eigenvalue weighted by Crippen LogP contribution is -1.71. The second kappa shape index (κ2) is 5.30. The van der Waals surface area contributed by atoms with E-state index in [0.29, 0.717) is 0 Å². The minimum absolute atomic E-state index is 0.846. The molecule has 0 atom stereocenters. The maximum atomic E-state index is 4.08. The molecule has 1 aromatic rings. The van der Waals surface area contributed by atoms with Gasteiger partial charge in [-0.05, 0) is 18.6 Å². The Balaban J connectivity index is 2.52. The van der Waals surface area contributed by atoms with E-state index in [2.05, 4.69) is 17.1 Å². The molecule has 0 heterocycles. The van der Waals surface area contributed by atoms with Crippen LogP contribution in [0.4, 0.5) is 0 Å². The van der Waals surface area contributed by atoms with Crippen LogP contribution in [0, 0.1) is 0 Å². The molecule has 1 heteroatoms. The van der Waals surface area contributed by atoms with Crippen molar-refractivity contribution in [3.63, 3.8) is 0 Å². The molecule has 0 spiro atoms. The van der Waals surface area contributed by atoms with E-state index in [1.165, 1.54) is 5.56 Å². The predicted octanol–water partition coefficient (Wildman–Crippen LogP) is 2.79. The molecule has 1 aromatic carbocycles. The van der Waals surface area contributed by atoms with E-state index in [9.17, 15) is 0 Å². The third-order valence-electron chi connectivity index (χ3n) is 1.46. The summed E-state index contributed by atoms with van der Waals surface area (Å²) in [5.41, 5.74) is 1.21. The van der Waals surface area contributed by atoms with Crippen molar-refractivity contribution in [2.45, 2.75) is 6.92 Å². The Bertz CT molecular complexity index is 260. The Hall–Kier alpha value is -1.37. The van der Waals surface area contributed by atoms with Crippen molar-refractivity contribution in [3.8, 4) is 0 Å². The third kappa shape index (κ3) is 3.15. The lowest BCUT2D eigenvalue weighted by molar-refractivity contribution is 1.14. The first-order chi connectivity index (χ1) is 5.93. The molecule has 0 saturated carbocycles. The maximum Gasteiger partial charge on any atom is 0.0360 e. The second-order valence-corrected chi connectivity index (χ2v) is 2.42. The molecule has 62 valence electrons. The average Bonchev–Trinajstić information content (AvgIpc) is 2.14. The minimum atomic E-state index is 0.846. The van der Waals surface area contributed by atoms with Gasteiger partial charge in [-0.3, -0.25) is 4.99 Å². The quantitative estimate of drug-likeness (QED) is 0.601. The zero-order valence-electron chi connectivity index (χ0n) is 7.27. The van der Waals surface area contributed by atoms with Crippen LogP contribution in [0.15, 0.2) is 41.4 Å². The summed E-state index contributed by atoms with van der Waals surface area (Å²) < 4.78 is 0. The Morgan fingerprint density at radius 1 is 1.25 bits per heavy atom. The zero-order chi connectivity index (χ0) is 8.65. The van der Waals surface area contributed by atoms with Crippen LogP contribution in [0.25, 0.3) is 6.08 Å². The number of hydrogen-bond donors (Lipinski definition) is 0. The fourth-order valence-corrected chi connectivity index (χ4v) is 0.885. The maximum absolute atomic E-state index is 4.08. The van der Waals surface area contributed by atoms with Gasteiger partial charge in [0.15, 0.2) is 0 Å². The van der Waals surface area contributed by atoms with E-state index in [0.717, 1.165) is 6.54 Å². The lowest BCUT2D eigenvalue weighted by Gasteiger charge is -1.87. The van der Waals surface area contributed by atoms with Crippen molar-refractivity contribution in [3.05, 3.63) is 42.0 Å². The number of benzene rings is 1. The van der Waals surface area contributed by atoms with E-state index >= 15 is 0 Å². The lowest BCUT2D eigenvalue weighted by atomic mass is 10.2. The van der Waals surface area contributed by atoms with Crippen LogP contribution in [-0.2, 0) is 0 Å². The van der Waals surface area contributed by atoms with Gasteiger partial charge in [-0.25, -0.2) is 0 Å². The van der Waals surface area contributed by atoms with Crippen molar-refractivity contribution in [2.75, 3.05) is 6.54 Å². The SMILES string of the molecule is CCN=CC=Cc1ccccc1. The summed E-state index contributed by atoms with van der Waals surface area (Å²) in [6.45, 7) is 2.87. The molecule has 1 rings (SSSR count). The molecule has 1 nitrogen and oxygen atoms in total. The molecule has 0 aliphatic heterocycles. The first-order valence-electron chi connectivity index (χ1n) is 4.15. The largest absolute Gasteiger partial charge is 0.293 e. The van der Waals surface area contributed by atoms with E-state index in [1.807, 2.05) is 43.5 Å². The minimum Gasteiger partial charge on any atom is -0.293 e. The standard InChI is InChI=1S/C11H13N/c1-2-12-10-6-9-11-7-4-3-5-8-11/h3-10H,2H2,1H3. The molecule has 12 heavy (non-hydrogen) atoms. The topological polar surface area (TPSA) is 12.4 Å². The summed E-state index contributed by atoms with van der Waals surface area (Å²) in [7, 11) is 0. The van der Waals surface area contributed by atoms with Gasteiger partial charge in [0.05, 0.1) is 0 Å². The second-order valence-electron chi connectivity index (χ2n) is 2.42. The van der Waals surface area contributed by atoms with Gasteiger partial charge in [0.2, 0.25) is 0 Å². The highest BCUT2D eigenvalue weighted by Crippen LogP contribution is 1.99. The van der Waals surface area contributed by atoms with Crippen LogP contribution in [0.5, 0.6) is 0 Å². The number of nitrogens with zero attached hydrogens (tertiary/aromatic N) is 1. The van der Waals surface area contributed by atoms with Crippen LogP contribution in [0.3, 0.4) is 0 Å². The van der Waals surface area contributed by atoms with Gasteiger partial charge in [0, 0.05) is 12.8 Å². The van der Waals surface area contributed by atoms with Gasteiger partial charge in [-0.1, -0.05) is 36.4 Å². The van der Waals surface area contributed by atoms with Gasteiger partial charge in [0.1, 0.15) is 0 Å². The number of allylic oxidation sites excluding steroid dienone is 1. The summed E-state index contributed by atoms with van der Waals surface area (Å²) in [6.07, 6.45) is 5.82. The molecular formula is C11H13N. The molecule has 0 aromatic heterocycles. The van der Waals surface area contributed by atoms with Crippen LogP contribution in [0.2, 0.25) is 0 Å². The molecule has 0 aliphatic rings. The van der Waals surface area contributed by atoms with Crippen molar-refractivity contribution in [2.24, 2.45) is 4.99 Å². The monoisotopic (exact) mass is 159 g/mol. The van der Waals surface area contributed by atoms with Gasteiger partial charge >= 0.3 is 0 Å². The van der Waals surface area contributed by atoms with Crippen LogP contribution in [0.1, 0.15) is 12.5 Å². The fraction of sp³-hybridized carbons (Fsp3) is 0.182. The van der Waals surface area contributed by atoms with Crippen LogP contribution < -0.4 is 0 Å². The third-order valence-corrected chi connectivity index (χ3v) is 1.46. The molecule has 0 amide bonds. The molecule has 0 N–H and O–H groups in total.